The first-order valence-electron chi connectivity index (χ1n) is 17.1. The summed E-state index contributed by atoms with van der Waals surface area (Å²) >= 11 is 0. The number of benzene rings is 4. The molecule has 2 amide bonds. The number of nitrogens with one attached hydrogen (secondary N) is 1. The first-order valence-corrected chi connectivity index (χ1v) is 18.5. The van der Waals surface area contributed by atoms with E-state index in [1.54, 1.807) is 29.2 Å². The molecule has 4 aromatic carbocycles. The van der Waals surface area contributed by atoms with E-state index in [4.69, 9.17) is 9.47 Å². The molecule has 1 aliphatic carbocycles. The van der Waals surface area contributed by atoms with Gasteiger partial charge in [0.2, 0.25) is 11.8 Å². The van der Waals surface area contributed by atoms with Crippen molar-refractivity contribution in [1.29, 1.82) is 0 Å². The van der Waals surface area contributed by atoms with Gasteiger partial charge in [0.25, 0.3) is 10.0 Å². The van der Waals surface area contributed by atoms with Crippen LogP contribution in [0.2, 0.25) is 0 Å². The number of rotatable bonds is 14. The topological polar surface area (TPSA) is 105 Å². The second-order valence-electron chi connectivity index (χ2n) is 12.9. The van der Waals surface area contributed by atoms with Crippen LogP contribution in [0.25, 0.3) is 0 Å². The summed E-state index contributed by atoms with van der Waals surface area (Å²) in [5.74, 6) is -0.129. The predicted molar refractivity (Wildman–Crippen MR) is 196 cm³/mol. The molecule has 0 unspecified atom stereocenters. The van der Waals surface area contributed by atoms with Gasteiger partial charge in [-0.25, -0.2) is 8.42 Å². The summed E-state index contributed by atoms with van der Waals surface area (Å²) < 4.78 is 40.8. The van der Waals surface area contributed by atoms with E-state index in [2.05, 4.69) is 5.32 Å². The van der Waals surface area contributed by atoms with E-state index in [0.717, 1.165) is 58.7 Å². The molecule has 1 N–H and O–H groups in total. The molecule has 1 fully saturated rings. The summed E-state index contributed by atoms with van der Waals surface area (Å²) in [5, 5.41) is 3.25. The highest BCUT2D eigenvalue weighted by Crippen LogP contribution is 2.33. The Balaban J connectivity index is 1.58. The fourth-order valence-electron chi connectivity index (χ4n) is 6.45. The summed E-state index contributed by atoms with van der Waals surface area (Å²) in [5.41, 5.74) is 4.00. The Morgan fingerprint density at radius 3 is 2.12 bits per heavy atom. The average Bonchev–Trinajstić information content (AvgIpc) is 3.12. The van der Waals surface area contributed by atoms with Gasteiger partial charge in [-0.1, -0.05) is 97.1 Å². The first-order chi connectivity index (χ1) is 24.1. The highest BCUT2D eigenvalue weighted by atomic mass is 32.2. The van der Waals surface area contributed by atoms with Crippen LogP contribution in [0.1, 0.15) is 54.4 Å². The van der Waals surface area contributed by atoms with Crippen LogP contribution in [0.3, 0.4) is 0 Å². The van der Waals surface area contributed by atoms with Crippen molar-refractivity contribution in [1.82, 2.24) is 10.2 Å². The van der Waals surface area contributed by atoms with E-state index in [1.165, 1.54) is 32.4 Å². The minimum atomic E-state index is -4.31. The Morgan fingerprint density at radius 2 is 1.46 bits per heavy atom. The van der Waals surface area contributed by atoms with Crippen molar-refractivity contribution in [2.24, 2.45) is 0 Å². The van der Waals surface area contributed by atoms with Gasteiger partial charge in [-0.3, -0.25) is 13.9 Å². The van der Waals surface area contributed by atoms with Gasteiger partial charge >= 0.3 is 0 Å². The number of carbonyl (C=O) groups excluding carboxylic acids is 2. The molecule has 0 radical (unpaired) electrons. The van der Waals surface area contributed by atoms with E-state index in [1.807, 2.05) is 68.4 Å². The largest absolute Gasteiger partial charge is 0.493 e. The third kappa shape index (κ3) is 9.04. The second kappa shape index (κ2) is 16.7. The molecule has 1 saturated carbocycles. The summed E-state index contributed by atoms with van der Waals surface area (Å²) in [6, 6.07) is 27.9. The number of methoxy groups -OCH3 is 2. The van der Waals surface area contributed by atoms with E-state index in [9.17, 15) is 18.0 Å². The molecule has 1 atom stereocenters. The number of sulfonamides is 1. The van der Waals surface area contributed by atoms with Crippen molar-refractivity contribution in [2.45, 2.75) is 75.9 Å². The number of anilines is 1. The number of aryl methyl sites for hydroxylation is 2. The van der Waals surface area contributed by atoms with Gasteiger partial charge in [-0.2, -0.15) is 0 Å². The summed E-state index contributed by atoms with van der Waals surface area (Å²) in [6.07, 6.45) is 5.27. The van der Waals surface area contributed by atoms with Crippen LogP contribution in [-0.2, 0) is 32.6 Å². The van der Waals surface area contributed by atoms with Gasteiger partial charge in [0, 0.05) is 25.1 Å². The average molecular weight is 698 g/mol. The van der Waals surface area contributed by atoms with Crippen LogP contribution in [0.4, 0.5) is 5.69 Å². The quantitative estimate of drug-likeness (QED) is 0.159. The molecule has 0 aromatic heterocycles. The normalized spacial score (nSPS) is 14.0. The Morgan fingerprint density at radius 1 is 0.780 bits per heavy atom. The third-order valence-electron chi connectivity index (χ3n) is 9.20. The van der Waals surface area contributed by atoms with Gasteiger partial charge in [0.15, 0.2) is 11.5 Å². The molecule has 0 aliphatic heterocycles. The lowest BCUT2D eigenvalue weighted by Gasteiger charge is -2.35. The predicted octanol–water partition coefficient (Wildman–Crippen LogP) is 6.60. The molecular weight excluding hydrogens is 651 g/mol. The molecule has 10 heteroatoms. The molecule has 0 heterocycles. The fourth-order valence-corrected chi connectivity index (χ4v) is 7.88. The van der Waals surface area contributed by atoms with Crippen molar-refractivity contribution in [3.63, 3.8) is 0 Å². The van der Waals surface area contributed by atoms with E-state index < -0.39 is 28.5 Å². The molecule has 5 rings (SSSR count). The van der Waals surface area contributed by atoms with Gasteiger partial charge < -0.3 is 19.7 Å². The molecule has 0 bridgehead atoms. The number of ether oxygens (including phenoxy) is 2. The highest BCUT2D eigenvalue weighted by molar-refractivity contribution is 7.92. The summed E-state index contributed by atoms with van der Waals surface area (Å²) in [4.78, 5) is 30.6. The number of carbonyl (C=O) groups is 2. The lowest BCUT2D eigenvalue weighted by Crippen LogP contribution is -2.55. The van der Waals surface area contributed by atoms with Crippen LogP contribution in [-0.4, -0.2) is 58.0 Å². The first kappa shape index (κ1) is 36.5. The molecule has 1 aliphatic rings. The Kier molecular flexibility index (Phi) is 12.2. The summed E-state index contributed by atoms with van der Waals surface area (Å²) in [6.45, 7) is 3.47. The number of amides is 2. The van der Waals surface area contributed by atoms with E-state index in [0.29, 0.717) is 11.4 Å². The maximum Gasteiger partial charge on any atom is 0.264 e. The van der Waals surface area contributed by atoms with Crippen LogP contribution >= 0.6 is 0 Å². The van der Waals surface area contributed by atoms with Crippen molar-refractivity contribution in [3.8, 4) is 11.5 Å². The Hall–Kier alpha value is -4.83. The Bertz CT molecular complexity index is 1860. The molecule has 9 nitrogen and oxygen atoms in total. The molecule has 50 heavy (non-hydrogen) atoms. The van der Waals surface area contributed by atoms with Crippen molar-refractivity contribution < 1.29 is 27.5 Å². The molecule has 4 aromatic rings. The van der Waals surface area contributed by atoms with Crippen LogP contribution < -0.4 is 19.1 Å². The zero-order chi connectivity index (χ0) is 35.7. The van der Waals surface area contributed by atoms with Crippen LogP contribution in [0.15, 0.2) is 102 Å². The zero-order valence-corrected chi connectivity index (χ0v) is 30.1. The zero-order valence-electron chi connectivity index (χ0n) is 29.3. The van der Waals surface area contributed by atoms with Crippen molar-refractivity contribution >= 4 is 27.5 Å². The molecule has 0 spiro atoms. The van der Waals surface area contributed by atoms with Crippen LogP contribution in [0.5, 0.6) is 11.5 Å². The van der Waals surface area contributed by atoms with Gasteiger partial charge in [-0.15, -0.1) is 0 Å². The lowest BCUT2D eigenvalue weighted by atomic mass is 9.94. The lowest BCUT2D eigenvalue weighted by molar-refractivity contribution is -0.140. The standard InChI is InChI=1S/C40H47N3O6S/c1-29-18-20-34(21-19-29)43(50(46,47)35-22-23-37(48-3)38(26-35)49-4)28-39(44)42(27-32-15-11-12-30(2)24-32)36(25-31-13-7-5-8-14-31)40(45)41-33-16-9-6-10-17-33/h5,7-8,11-15,18-24,26,33,36H,6,9-10,16-17,25,27-28H2,1-4H3,(H,41,45)/t36-/m0/s1. The van der Waals surface area contributed by atoms with Gasteiger partial charge in [0.1, 0.15) is 12.6 Å². The van der Waals surface area contributed by atoms with Crippen molar-refractivity contribution in [2.75, 3.05) is 25.1 Å². The van der Waals surface area contributed by atoms with Gasteiger partial charge in [0.05, 0.1) is 24.8 Å². The van der Waals surface area contributed by atoms with E-state index >= 15 is 0 Å². The SMILES string of the molecule is COc1ccc(S(=O)(=O)N(CC(=O)N(Cc2cccc(C)c2)[C@@H](Cc2ccccc2)C(=O)NC2CCCCC2)c2ccc(C)cc2)cc1OC. The molecule has 0 saturated heterocycles. The number of nitrogens with zero attached hydrogens (tertiary/aromatic N) is 2. The monoisotopic (exact) mass is 697 g/mol. The van der Waals surface area contributed by atoms with Gasteiger partial charge in [-0.05, 0) is 62.1 Å². The third-order valence-corrected chi connectivity index (χ3v) is 11.0. The van der Waals surface area contributed by atoms with Crippen LogP contribution in [0, 0.1) is 13.8 Å². The maximum atomic E-state index is 14.8. The van der Waals surface area contributed by atoms with Crippen molar-refractivity contribution in [3.05, 3.63) is 119 Å². The number of hydrogen-bond acceptors (Lipinski definition) is 6. The number of hydrogen-bond donors (Lipinski definition) is 1. The molecule has 264 valence electrons. The smallest absolute Gasteiger partial charge is 0.264 e. The fraction of sp³-hybridized carbons (Fsp3) is 0.350. The minimum Gasteiger partial charge on any atom is -0.493 e. The second-order valence-corrected chi connectivity index (χ2v) is 14.8. The highest BCUT2D eigenvalue weighted by Gasteiger charge is 2.35. The summed E-state index contributed by atoms with van der Waals surface area (Å²) in [7, 11) is -1.40. The minimum absolute atomic E-state index is 0.0277. The maximum absolute atomic E-state index is 14.8. The van der Waals surface area contributed by atoms with E-state index in [-0.39, 0.29) is 35.6 Å². The molecular formula is C40H47N3O6S. The Labute approximate surface area is 296 Å².